The molecule has 0 saturated heterocycles. The van der Waals surface area contributed by atoms with Gasteiger partial charge in [-0.1, -0.05) is 23.2 Å². The van der Waals surface area contributed by atoms with E-state index in [4.69, 9.17) is 23.2 Å². The highest BCUT2D eigenvalue weighted by atomic mass is 35.5. The van der Waals surface area contributed by atoms with Crippen LogP contribution in [0.3, 0.4) is 0 Å². The molecular formula is C18H16Cl2N4OS. The number of carbonyl (C=O) groups is 1. The zero-order chi connectivity index (χ0) is 18.4. The first-order chi connectivity index (χ1) is 12.6. The van der Waals surface area contributed by atoms with Crippen LogP contribution in [-0.4, -0.2) is 22.5 Å². The van der Waals surface area contributed by atoms with Gasteiger partial charge in [-0.2, -0.15) is 0 Å². The standard InChI is InChI=1S/C18H16Cl2N4OS/c19-13-3-4-14(20)15(10-13)24-18(25)22-7-1-2-17-23-16(11-26-17)12-5-8-21-9-6-12/h3-6,8-11H,1-2,7H2,(H2,22,24,25). The lowest BCUT2D eigenvalue weighted by atomic mass is 10.2. The van der Waals surface area contributed by atoms with E-state index in [1.165, 1.54) is 0 Å². The maximum atomic E-state index is 11.9. The van der Waals surface area contributed by atoms with Crippen molar-refractivity contribution in [3.63, 3.8) is 0 Å². The van der Waals surface area contributed by atoms with E-state index in [1.807, 2.05) is 17.5 Å². The van der Waals surface area contributed by atoms with E-state index < -0.39 is 0 Å². The number of pyridine rings is 1. The molecule has 134 valence electrons. The van der Waals surface area contributed by atoms with E-state index in [-0.39, 0.29) is 6.03 Å². The number of anilines is 1. The minimum absolute atomic E-state index is 0.314. The molecule has 0 radical (unpaired) electrons. The minimum atomic E-state index is -0.314. The molecule has 2 amide bonds. The van der Waals surface area contributed by atoms with E-state index in [1.54, 1.807) is 41.9 Å². The van der Waals surface area contributed by atoms with Crippen LogP contribution in [0, 0.1) is 0 Å². The Bertz CT molecular complexity index is 886. The Morgan fingerprint density at radius 2 is 1.96 bits per heavy atom. The predicted octanol–water partition coefficient (Wildman–Crippen LogP) is 5.27. The Hall–Kier alpha value is -2.15. The lowest BCUT2D eigenvalue weighted by Gasteiger charge is -2.09. The number of hydrogen-bond acceptors (Lipinski definition) is 4. The lowest BCUT2D eigenvalue weighted by molar-refractivity contribution is 0.252. The Labute approximate surface area is 165 Å². The smallest absolute Gasteiger partial charge is 0.319 e. The highest BCUT2D eigenvalue weighted by molar-refractivity contribution is 7.09. The fraction of sp³-hybridized carbons (Fsp3) is 0.167. The molecule has 0 bridgehead atoms. The molecule has 2 heterocycles. The number of rotatable bonds is 6. The fourth-order valence-electron chi connectivity index (χ4n) is 2.28. The summed E-state index contributed by atoms with van der Waals surface area (Å²) >= 11 is 13.5. The largest absolute Gasteiger partial charge is 0.338 e. The summed E-state index contributed by atoms with van der Waals surface area (Å²) in [5.74, 6) is 0. The predicted molar refractivity (Wildman–Crippen MR) is 107 cm³/mol. The van der Waals surface area contributed by atoms with Gasteiger partial charge in [0.1, 0.15) is 0 Å². The average Bonchev–Trinajstić information content (AvgIpc) is 3.12. The van der Waals surface area contributed by atoms with E-state index in [0.717, 1.165) is 29.1 Å². The number of amides is 2. The maximum absolute atomic E-state index is 11.9. The molecule has 0 fully saturated rings. The number of thiazole rings is 1. The maximum Gasteiger partial charge on any atom is 0.319 e. The second-order valence-corrected chi connectivity index (χ2v) is 7.26. The third-order valence-corrected chi connectivity index (χ3v) is 5.03. The quantitative estimate of drug-likeness (QED) is 0.548. The molecule has 0 aliphatic rings. The lowest BCUT2D eigenvalue weighted by Crippen LogP contribution is -2.29. The molecule has 0 aliphatic carbocycles. The second kappa shape index (κ2) is 8.98. The normalized spacial score (nSPS) is 10.5. The molecule has 1 aromatic carbocycles. The fourth-order valence-corrected chi connectivity index (χ4v) is 3.47. The zero-order valence-corrected chi connectivity index (χ0v) is 16.0. The second-order valence-electron chi connectivity index (χ2n) is 5.47. The summed E-state index contributed by atoms with van der Waals surface area (Å²) in [6, 6.07) is 8.48. The van der Waals surface area contributed by atoms with Gasteiger partial charge in [0.25, 0.3) is 0 Å². The van der Waals surface area contributed by atoms with Crippen molar-refractivity contribution in [3.8, 4) is 11.3 Å². The van der Waals surface area contributed by atoms with Crippen molar-refractivity contribution >= 4 is 46.3 Å². The summed E-state index contributed by atoms with van der Waals surface area (Å²) in [4.78, 5) is 20.6. The van der Waals surface area contributed by atoms with Gasteiger partial charge in [-0.15, -0.1) is 11.3 Å². The molecule has 0 unspecified atom stereocenters. The Kier molecular flexibility index (Phi) is 6.44. The number of aromatic nitrogens is 2. The molecule has 2 N–H and O–H groups in total. The SMILES string of the molecule is O=C(NCCCc1nc(-c2ccncc2)cs1)Nc1cc(Cl)ccc1Cl. The molecule has 0 saturated carbocycles. The first kappa shape index (κ1) is 18.6. The van der Waals surface area contributed by atoms with Gasteiger partial charge in [-0.3, -0.25) is 4.98 Å². The average molecular weight is 407 g/mol. The number of carbonyl (C=O) groups excluding carboxylic acids is 1. The molecule has 2 aromatic heterocycles. The van der Waals surface area contributed by atoms with Crippen molar-refractivity contribution in [3.05, 3.63) is 63.2 Å². The van der Waals surface area contributed by atoms with Gasteiger partial charge in [0.15, 0.2) is 0 Å². The summed E-state index contributed by atoms with van der Waals surface area (Å²) in [5, 5.41) is 9.52. The minimum Gasteiger partial charge on any atom is -0.338 e. The first-order valence-corrected chi connectivity index (χ1v) is 9.60. The van der Waals surface area contributed by atoms with E-state index in [2.05, 4.69) is 20.6 Å². The van der Waals surface area contributed by atoms with Gasteiger partial charge in [0.2, 0.25) is 0 Å². The third-order valence-electron chi connectivity index (χ3n) is 3.56. The molecular weight excluding hydrogens is 391 g/mol. The van der Waals surface area contributed by atoms with E-state index in [0.29, 0.717) is 22.3 Å². The Morgan fingerprint density at radius 3 is 2.77 bits per heavy atom. The topological polar surface area (TPSA) is 66.9 Å². The Balaban J connectivity index is 1.43. The van der Waals surface area contributed by atoms with Crippen LogP contribution < -0.4 is 10.6 Å². The van der Waals surface area contributed by atoms with Gasteiger partial charge in [-0.05, 0) is 36.8 Å². The third kappa shape index (κ3) is 5.17. The van der Waals surface area contributed by atoms with Crippen LogP contribution in [0.4, 0.5) is 10.5 Å². The summed E-state index contributed by atoms with van der Waals surface area (Å²) < 4.78 is 0. The number of urea groups is 1. The van der Waals surface area contributed by atoms with Gasteiger partial charge >= 0.3 is 6.03 Å². The first-order valence-electron chi connectivity index (χ1n) is 7.96. The van der Waals surface area contributed by atoms with Gasteiger partial charge in [-0.25, -0.2) is 9.78 Å². The molecule has 26 heavy (non-hydrogen) atoms. The van der Waals surface area contributed by atoms with Gasteiger partial charge < -0.3 is 10.6 Å². The summed E-state index contributed by atoms with van der Waals surface area (Å²) in [6.07, 6.45) is 5.10. The van der Waals surface area contributed by atoms with Crippen LogP contribution in [0.2, 0.25) is 10.0 Å². The summed E-state index contributed by atoms with van der Waals surface area (Å²) in [6.45, 7) is 0.536. The highest BCUT2D eigenvalue weighted by Gasteiger charge is 2.07. The number of nitrogens with zero attached hydrogens (tertiary/aromatic N) is 2. The van der Waals surface area contributed by atoms with Gasteiger partial charge in [0, 0.05) is 41.3 Å². The molecule has 8 heteroatoms. The van der Waals surface area contributed by atoms with Crippen molar-refractivity contribution < 1.29 is 4.79 Å². The van der Waals surface area contributed by atoms with Crippen molar-refractivity contribution in [2.45, 2.75) is 12.8 Å². The summed E-state index contributed by atoms with van der Waals surface area (Å²) in [7, 11) is 0. The highest BCUT2D eigenvalue weighted by Crippen LogP contribution is 2.25. The van der Waals surface area contributed by atoms with Crippen LogP contribution in [0.15, 0.2) is 48.1 Å². The Morgan fingerprint density at radius 1 is 1.15 bits per heavy atom. The zero-order valence-electron chi connectivity index (χ0n) is 13.7. The summed E-state index contributed by atoms with van der Waals surface area (Å²) in [5.41, 5.74) is 2.49. The van der Waals surface area contributed by atoms with Gasteiger partial charge in [0.05, 0.1) is 21.4 Å². The molecule has 0 aliphatic heterocycles. The van der Waals surface area contributed by atoms with Crippen molar-refractivity contribution in [1.29, 1.82) is 0 Å². The number of nitrogens with one attached hydrogen (secondary N) is 2. The number of halogens is 2. The van der Waals surface area contributed by atoms with Crippen molar-refractivity contribution in [2.24, 2.45) is 0 Å². The van der Waals surface area contributed by atoms with Crippen LogP contribution in [0.25, 0.3) is 11.3 Å². The van der Waals surface area contributed by atoms with Crippen molar-refractivity contribution in [1.82, 2.24) is 15.3 Å². The molecule has 3 rings (SSSR count). The molecule has 0 atom stereocenters. The number of benzene rings is 1. The molecule has 5 nitrogen and oxygen atoms in total. The van der Waals surface area contributed by atoms with E-state index >= 15 is 0 Å². The van der Waals surface area contributed by atoms with Crippen LogP contribution in [-0.2, 0) is 6.42 Å². The number of hydrogen-bond donors (Lipinski definition) is 2. The molecule has 3 aromatic rings. The van der Waals surface area contributed by atoms with Crippen molar-refractivity contribution in [2.75, 3.05) is 11.9 Å². The monoisotopic (exact) mass is 406 g/mol. The van der Waals surface area contributed by atoms with E-state index in [9.17, 15) is 4.79 Å². The van der Waals surface area contributed by atoms with Crippen LogP contribution in [0.5, 0.6) is 0 Å². The van der Waals surface area contributed by atoms with Crippen LogP contribution in [0.1, 0.15) is 11.4 Å². The molecule has 0 spiro atoms. The van der Waals surface area contributed by atoms with Crippen LogP contribution >= 0.6 is 34.5 Å². The number of aryl methyl sites for hydroxylation is 1.